The van der Waals surface area contributed by atoms with E-state index >= 15 is 0 Å². The third-order valence-corrected chi connectivity index (χ3v) is 6.36. The van der Waals surface area contributed by atoms with Crippen LogP contribution >= 0.6 is 0 Å². The lowest BCUT2D eigenvalue weighted by molar-refractivity contribution is -0.132. The molecule has 1 unspecified atom stereocenters. The maximum Gasteiger partial charge on any atom is 0.405 e. The molecule has 1 saturated carbocycles. The number of benzene rings is 1. The average Bonchev–Trinajstić information content (AvgIpc) is 2.79. The quantitative estimate of drug-likeness (QED) is 0.471. The number of nitrogens with two attached hydrogens (primary N) is 1. The number of nitrogens with zero attached hydrogens (tertiary/aromatic N) is 1. The Hall–Kier alpha value is -3.62. The highest BCUT2D eigenvalue weighted by Gasteiger charge is 2.42. The topological polar surface area (TPSA) is 144 Å². The van der Waals surface area contributed by atoms with Gasteiger partial charge in [0.1, 0.15) is 11.6 Å². The van der Waals surface area contributed by atoms with Gasteiger partial charge in [0.15, 0.2) is 0 Å². The van der Waals surface area contributed by atoms with Crippen LogP contribution in [-0.2, 0) is 16.0 Å². The van der Waals surface area contributed by atoms with Gasteiger partial charge in [-0.15, -0.1) is 0 Å². The number of carboxylic acid groups (broad SMARTS) is 1. The molecule has 1 aliphatic rings. The molecule has 0 radical (unpaired) electrons. The normalized spacial score (nSPS) is 16.0. The minimum absolute atomic E-state index is 0.0368. The van der Waals surface area contributed by atoms with E-state index in [1.165, 1.54) is 6.07 Å². The monoisotopic (exact) mass is 468 g/mol. The molecule has 34 heavy (non-hydrogen) atoms. The molecule has 1 heterocycles. The van der Waals surface area contributed by atoms with Crippen LogP contribution in [0.5, 0.6) is 0 Å². The maximum absolute atomic E-state index is 13.0. The first-order valence-corrected chi connectivity index (χ1v) is 11.5. The number of hydrogen-bond acceptors (Lipinski definition) is 4. The van der Waals surface area contributed by atoms with Gasteiger partial charge >= 0.3 is 6.09 Å². The number of hydrogen-bond donors (Lipinski definition) is 4. The number of rotatable bonds is 8. The summed E-state index contributed by atoms with van der Waals surface area (Å²) in [6.45, 7) is 3.88. The van der Waals surface area contributed by atoms with Gasteiger partial charge in [-0.05, 0) is 49.4 Å². The third kappa shape index (κ3) is 5.84. The van der Waals surface area contributed by atoms with Crippen LogP contribution in [0, 0.1) is 0 Å². The van der Waals surface area contributed by atoms with E-state index in [9.17, 15) is 24.3 Å². The predicted octanol–water partition coefficient (Wildman–Crippen LogP) is 2.58. The van der Waals surface area contributed by atoms with Gasteiger partial charge in [0.25, 0.3) is 5.56 Å². The molecule has 2 aromatic rings. The first-order valence-electron chi connectivity index (χ1n) is 11.5. The largest absolute Gasteiger partial charge is 0.465 e. The molecule has 0 bridgehead atoms. The standard InChI is InChI=1S/C25H32N4O5/c1-16(2)29-15-19(10-11-21(29)30)18-8-6-17(7-9-18)14-20(22(26)31)27-23(32)25(28-24(33)34)12-4-3-5-13-25/h6-11,15-16,20,28H,3-5,12-14H2,1-2H3,(H2,26,31)(H,27,32)(H,33,34). The van der Waals surface area contributed by atoms with Gasteiger partial charge in [0.2, 0.25) is 11.8 Å². The highest BCUT2D eigenvalue weighted by molar-refractivity contribution is 5.93. The van der Waals surface area contributed by atoms with Gasteiger partial charge < -0.3 is 26.0 Å². The second-order valence-electron chi connectivity index (χ2n) is 9.16. The molecule has 1 aromatic heterocycles. The maximum atomic E-state index is 13.0. The molecule has 182 valence electrons. The highest BCUT2D eigenvalue weighted by Crippen LogP contribution is 2.29. The van der Waals surface area contributed by atoms with Crippen molar-refractivity contribution in [3.05, 3.63) is 58.5 Å². The Kier molecular flexibility index (Phi) is 7.75. The number of pyridine rings is 1. The van der Waals surface area contributed by atoms with E-state index in [-0.39, 0.29) is 18.0 Å². The molecule has 9 nitrogen and oxygen atoms in total. The molecule has 0 spiro atoms. The van der Waals surface area contributed by atoms with Gasteiger partial charge in [0, 0.05) is 24.7 Å². The van der Waals surface area contributed by atoms with Crippen LogP contribution in [0.4, 0.5) is 4.79 Å². The summed E-state index contributed by atoms with van der Waals surface area (Å²) in [4.78, 5) is 48.5. The fraction of sp³-hybridized carbons (Fsp3) is 0.440. The Bertz CT molecular complexity index is 1100. The van der Waals surface area contributed by atoms with Crippen LogP contribution in [0.1, 0.15) is 57.6 Å². The van der Waals surface area contributed by atoms with Crippen LogP contribution in [0.2, 0.25) is 0 Å². The van der Waals surface area contributed by atoms with E-state index < -0.39 is 29.5 Å². The van der Waals surface area contributed by atoms with Crippen molar-refractivity contribution in [1.82, 2.24) is 15.2 Å². The van der Waals surface area contributed by atoms with Crippen LogP contribution < -0.4 is 21.9 Å². The summed E-state index contributed by atoms with van der Waals surface area (Å²) in [5, 5.41) is 14.3. The number of amides is 3. The first kappa shape index (κ1) is 25.0. The first-order chi connectivity index (χ1) is 16.1. The van der Waals surface area contributed by atoms with Crippen molar-refractivity contribution in [1.29, 1.82) is 0 Å². The molecule has 1 atom stereocenters. The lowest BCUT2D eigenvalue weighted by atomic mass is 9.80. The van der Waals surface area contributed by atoms with Crippen LogP contribution in [0.15, 0.2) is 47.4 Å². The molecular formula is C25H32N4O5. The zero-order chi connectivity index (χ0) is 24.9. The lowest BCUT2D eigenvalue weighted by Gasteiger charge is -2.36. The second kappa shape index (κ2) is 10.5. The number of primary amides is 1. The second-order valence-corrected chi connectivity index (χ2v) is 9.16. The van der Waals surface area contributed by atoms with E-state index in [1.54, 1.807) is 10.6 Å². The van der Waals surface area contributed by atoms with E-state index in [0.717, 1.165) is 36.0 Å². The molecule has 1 aliphatic carbocycles. The summed E-state index contributed by atoms with van der Waals surface area (Å²) in [5.74, 6) is -1.21. The third-order valence-electron chi connectivity index (χ3n) is 6.36. The Labute approximate surface area is 198 Å². The average molecular weight is 469 g/mol. The zero-order valence-corrected chi connectivity index (χ0v) is 19.5. The summed E-state index contributed by atoms with van der Waals surface area (Å²) in [6, 6.07) is 9.81. The molecule has 1 aromatic carbocycles. The Morgan fingerprint density at radius 1 is 1.03 bits per heavy atom. The molecule has 0 saturated heterocycles. The van der Waals surface area contributed by atoms with Gasteiger partial charge in [0.05, 0.1) is 0 Å². The minimum atomic E-state index is -1.27. The van der Waals surface area contributed by atoms with Crippen molar-refractivity contribution in [3.63, 3.8) is 0 Å². The van der Waals surface area contributed by atoms with Crippen LogP contribution in [0.25, 0.3) is 11.1 Å². The molecule has 1 fully saturated rings. The van der Waals surface area contributed by atoms with E-state index in [4.69, 9.17) is 5.73 Å². The predicted molar refractivity (Wildman–Crippen MR) is 128 cm³/mol. The zero-order valence-electron chi connectivity index (χ0n) is 19.5. The number of nitrogens with one attached hydrogen (secondary N) is 2. The molecular weight excluding hydrogens is 436 g/mol. The summed E-state index contributed by atoms with van der Waals surface area (Å²) in [6.07, 6.45) is 3.85. The van der Waals surface area contributed by atoms with Gasteiger partial charge in [-0.25, -0.2) is 4.79 Å². The number of aromatic nitrogens is 1. The van der Waals surface area contributed by atoms with Gasteiger partial charge in [-0.1, -0.05) is 43.5 Å². The molecule has 0 aliphatic heterocycles. The molecule has 5 N–H and O–H groups in total. The van der Waals surface area contributed by atoms with E-state index in [2.05, 4.69) is 10.6 Å². The van der Waals surface area contributed by atoms with Crippen molar-refractivity contribution in [2.45, 2.75) is 70.0 Å². The van der Waals surface area contributed by atoms with Crippen molar-refractivity contribution in [2.24, 2.45) is 5.73 Å². The number of carbonyl (C=O) groups excluding carboxylic acids is 2. The number of carbonyl (C=O) groups is 3. The molecule has 3 amide bonds. The SMILES string of the molecule is CC(C)n1cc(-c2ccc(CC(NC(=O)C3(NC(=O)O)CCCCC3)C(N)=O)cc2)ccc1=O. The van der Waals surface area contributed by atoms with Gasteiger partial charge in [-0.2, -0.15) is 0 Å². The highest BCUT2D eigenvalue weighted by atomic mass is 16.4. The summed E-state index contributed by atoms with van der Waals surface area (Å²) in [7, 11) is 0. The lowest BCUT2D eigenvalue weighted by Crippen LogP contribution is -2.62. The van der Waals surface area contributed by atoms with Crippen molar-refractivity contribution in [3.8, 4) is 11.1 Å². The van der Waals surface area contributed by atoms with E-state index in [1.807, 2.05) is 44.3 Å². The summed E-state index contributed by atoms with van der Waals surface area (Å²) < 4.78 is 1.66. The van der Waals surface area contributed by atoms with E-state index in [0.29, 0.717) is 12.8 Å². The fourth-order valence-corrected chi connectivity index (χ4v) is 4.43. The summed E-state index contributed by atoms with van der Waals surface area (Å²) in [5.41, 5.74) is 6.83. The summed E-state index contributed by atoms with van der Waals surface area (Å²) >= 11 is 0. The minimum Gasteiger partial charge on any atom is -0.465 e. The van der Waals surface area contributed by atoms with Crippen molar-refractivity contribution in [2.75, 3.05) is 0 Å². The Balaban J connectivity index is 1.75. The molecule has 3 rings (SSSR count). The van der Waals surface area contributed by atoms with Crippen molar-refractivity contribution >= 4 is 17.9 Å². The van der Waals surface area contributed by atoms with Gasteiger partial charge in [-0.3, -0.25) is 14.4 Å². The fourth-order valence-electron chi connectivity index (χ4n) is 4.43. The van der Waals surface area contributed by atoms with Crippen LogP contribution in [0.3, 0.4) is 0 Å². The Morgan fingerprint density at radius 2 is 1.65 bits per heavy atom. The smallest absolute Gasteiger partial charge is 0.405 e. The van der Waals surface area contributed by atoms with Crippen molar-refractivity contribution < 1.29 is 19.5 Å². The molecule has 9 heteroatoms. The van der Waals surface area contributed by atoms with Crippen LogP contribution in [-0.4, -0.2) is 39.2 Å². The Morgan fingerprint density at radius 3 is 2.21 bits per heavy atom.